The molecule has 19 heavy (non-hydrogen) atoms. The van der Waals surface area contributed by atoms with Crippen LogP contribution < -0.4 is 5.32 Å². The van der Waals surface area contributed by atoms with Gasteiger partial charge < -0.3 is 9.73 Å². The van der Waals surface area contributed by atoms with Gasteiger partial charge in [0.25, 0.3) is 0 Å². The van der Waals surface area contributed by atoms with Crippen molar-refractivity contribution in [3.63, 3.8) is 0 Å². The van der Waals surface area contributed by atoms with Gasteiger partial charge in [0, 0.05) is 17.3 Å². The van der Waals surface area contributed by atoms with Crippen molar-refractivity contribution in [2.45, 2.75) is 46.1 Å². The topological polar surface area (TPSA) is 51.0 Å². The Hall–Kier alpha value is -1.84. The van der Waals surface area contributed by atoms with Gasteiger partial charge in [-0.15, -0.1) is 10.2 Å². The Morgan fingerprint density at radius 2 is 2.16 bits per heavy atom. The van der Waals surface area contributed by atoms with Gasteiger partial charge in [-0.25, -0.2) is 0 Å². The predicted octanol–water partition coefficient (Wildman–Crippen LogP) is 4.04. The van der Waals surface area contributed by atoms with Gasteiger partial charge in [0.1, 0.15) is 0 Å². The Morgan fingerprint density at radius 1 is 1.32 bits per heavy atom. The SMILES string of the molecule is CCCC(CC)Nc1ccc(-c2nnco2)cc1C. The molecule has 102 valence electrons. The lowest BCUT2D eigenvalue weighted by Gasteiger charge is -2.19. The second kappa shape index (κ2) is 6.36. The Labute approximate surface area is 114 Å². The molecule has 1 aromatic heterocycles. The van der Waals surface area contributed by atoms with Crippen molar-refractivity contribution in [3.8, 4) is 11.5 Å². The number of nitrogens with one attached hydrogen (secondary N) is 1. The summed E-state index contributed by atoms with van der Waals surface area (Å²) in [6, 6.07) is 6.72. The predicted molar refractivity (Wildman–Crippen MR) is 77.1 cm³/mol. The van der Waals surface area contributed by atoms with Crippen LogP contribution in [0.3, 0.4) is 0 Å². The number of aromatic nitrogens is 2. The minimum Gasteiger partial charge on any atom is -0.423 e. The summed E-state index contributed by atoms with van der Waals surface area (Å²) in [6.07, 6.45) is 4.88. The highest BCUT2D eigenvalue weighted by atomic mass is 16.4. The van der Waals surface area contributed by atoms with E-state index >= 15 is 0 Å². The molecule has 2 rings (SSSR count). The number of anilines is 1. The third kappa shape index (κ3) is 3.34. The van der Waals surface area contributed by atoms with E-state index < -0.39 is 0 Å². The molecule has 0 bridgehead atoms. The van der Waals surface area contributed by atoms with E-state index in [0.717, 1.165) is 12.0 Å². The van der Waals surface area contributed by atoms with Gasteiger partial charge in [-0.05, 0) is 43.5 Å². The molecule has 1 N–H and O–H groups in total. The third-order valence-electron chi connectivity index (χ3n) is 3.32. The Balaban J connectivity index is 2.15. The summed E-state index contributed by atoms with van der Waals surface area (Å²) < 4.78 is 5.21. The molecular weight excluding hydrogens is 238 g/mol. The van der Waals surface area contributed by atoms with Gasteiger partial charge in [0.05, 0.1) is 0 Å². The first-order chi connectivity index (χ1) is 9.24. The van der Waals surface area contributed by atoms with Crippen LogP contribution in [-0.4, -0.2) is 16.2 Å². The maximum absolute atomic E-state index is 5.21. The van der Waals surface area contributed by atoms with Gasteiger partial charge in [0.15, 0.2) is 0 Å². The largest absolute Gasteiger partial charge is 0.423 e. The lowest BCUT2D eigenvalue weighted by Crippen LogP contribution is -2.18. The molecule has 4 nitrogen and oxygen atoms in total. The van der Waals surface area contributed by atoms with Crippen LogP contribution in [0.4, 0.5) is 5.69 Å². The van der Waals surface area contributed by atoms with Crippen molar-refractivity contribution in [1.29, 1.82) is 0 Å². The van der Waals surface area contributed by atoms with E-state index in [1.54, 1.807) is 0 Å². The first kappa shape index (κ1) is 13.6. The normalized spacial score (nSPS) is 12.4. The number of aryl methyl sites for hydroxylation is 1. The summed E-state index contributed by atoms with van der Waals surface area (Å²) in [5.41, 5.74) is 3.35. The van der Waals surface area contributed by atoms with E-state index in [2.05, 4.69) is 48.4 Å². The smallest absolute Gasteiger partial charge is 0.247 e. The second-order valence-electron chi connectivity index (χ2n) is 4.81. The molecule has 0 aliphatic heterocycles. The maximum Gasteiger partial charge on any atom is 0.247 e. The zero-order valence-corrected chi connectivity index (χ0v) is 11.8. The highest BCUT2D eigenvalue weighted by Gasteiger charge is 2.09. The number of benzene rings is 1. The molecule has 1 heterocycles. The molecular formula is C15H21N3O. The summed E-state index contributed by atoms with van der Waals surface area (Å²) >= 11 is 0. The van der Waals surface area contributed by atoms with Gasteiger partial charge in [-0.1, -0.05) is 20.3 Å². The first-order valence-corrected chi connectivity index (χ1v) is 6.88. The van der Waals surface area contributed by atoms with Crippen LogP contribution in [0, 0.1) is 6.92 Å². The van der Waals surface area contributed by atoms with Crippen LogP contribution in [0.25, 0.3) is 11.5 Å². The highest BCUT2D eigenvalue weighted by Crippen LogP contribution is 2.24. The molecule has 0 aliphatic carbocycles. The molecule has 0 radical (unpaired) electrons. The zero-order chi connectivity index (χ0) is 13.7. The highest BCUT2D eigenvalue weighted by molar-refractivity contribution is 5.62. The Kier molecular flexibility index (Phi) is 4.55. The number of nitrogens with zero attached hydrogens (tertiary/aromatic N) is 2. The van der Waals surface area contributed by atoms with E-state index in [1.807, 2.05) is 6.07 Å². The van der Waals surface area contributed by atoms with Gasteiger partial charge in [0.2, 0.25) is 12.3 Å². The van der Waals surface area contributed by atoms with Crippen molar-refractivity contribution in [2.75, 3.05) is 5.32 Å². The van der Waals surface area contributed by atoms with Crippen LogP contribution >= 0.6 is 0 Å². The lowest BCUT2D eigenvalue weighted by atomic mass is 10.1. The molecule has 0 fully saturated rings. The van der Waals surface area contributed by atoms with Gasteiger partial charge in [-0.2, -0.15) is 0 Å². The molecule has 2 aromatic rings. The fraction of sp³-hybridized carbons (Fsp3) is 0.467. The number of rotatable bonds is 6. The van der Waals surface area contributed by atoms with Crippen LogP contribution in [-0.2, 0) is 0 Å². The van der Waals surface area contributed by atoms with Crippen molar-refractivity contribution in [3.05, 3.63) is 30.2 Å². The Bertz CT molecular complexity index is 508. The van der Waals surface area contributed by atoms with E-state index in [0.29, 0.717) is 11.9 Å². The summed E-state index contributed by atoms with van der Waals surface area (Å²) in [5, 5.41) is 11.2. The summed E-state index contributed by atoms with van der Waals surface area (Å²) in [5.74, 6) is 0.565. The number of hydrogen-bond donors (Lipinski definition) is 1. The second-order valence-corrected chi connectivity index (χ2v) is 4.81. The average Bonchev–Trinajstić information content (AvgIpc) is 2.94. The Morgan fingerprint density at radius 3 is 2.74 bits per heavy atom. The van der Waals surface area contributed by atoms with E-state index in [4.69, 9.17) is 4.42 Å². The first-order valence-electron chi connectivity index (χ1n) is 6.88. The third-order valence-corrected chi connectivity index (χ3v) is 3.32. The fourth-order valence-electron chi connectivity index (χ4n) is 2.20. The van der Waals surface area contributed by atoms with E-state index in [-0.39, 0.29) is 0 Å². The lowest BCUT2D eigenvalue weighted by molar-refractivity contribution is 0.568. The molecule has 1 aromatic carbocycles. The summed E-state index contributed by atoms with van der Waals surface area (Å²) in [6.45, 7) is 6.53. The zero-order valence-electron chi connectivity index (χ0n) is 11.8. The quantitative estimate of drug-likeness (QED) is 0.850. The maximum atomic E-state index is 5.21. The number of hydrogen-bond acceptors (Lipinski definition) is 4. The molecule has 4 heteroatoms. The van der Waals surface area contributed by atoms with Crippen LogP contribution in [0.2, 0.25) is 0 Å². The van der Waals surface area contributed by atoms with Crippen molar-refractivity contribution in [2.24, 2.45) is 0 Å². The molecule has 0 amide bonds. The van der Waals surface area contributed by atoms with Crippen LogP contribution in [0.5, 0.6) is 0 Å². The van der Waals surface area contributed by atoms with Gasteiger partial charge in [-0.3, -0.25) is 0 Å². The average molecular weight is 259 g/mol. The summed E-state index contributed by atoms with van der Waals surface area (Å²) in [4.78, 5) is 0. The van der Waals surface area contributed by atoms with Crippen molar-refractivity contribution < 1.29 is 4.42 Å². The molecule has 0 saturated heterocycles. The molecule has 0 spiro atoms. The standard InChI is InChI=1S/C15H21N3O/c1-4-6-13(5-2)17-14-8-7-12(9-11(14)3)15-18-16-10-19-15/h7-10,13,17H,4-6H2,1-3H3. The monoisotopic (exact) mass is 259 g/mol. The molecule has 0 aliphatic rings. The minimum absolute atomic E-state index is 0.540. The molecule has 0 saturated carbocycles. The molecule has 1 atom stereocenters. The minimum atomic E-state index is 0.540. The fourth-order valence-corrected chi connectivity index (χ4v) is 2.20. The van der Waals surface area contributed by atoms with Crippen LogP contribution in [0.15, 0.2) is 29.0 Å². The van der Waals surface area contributed by atoms with Gasteiger partial charge >= 0.3 is 0 Å². The van der Waals surface area contributed by atoms with Crippen molar-refractivity contribution in [1.82, 2.24) is 10.2 Å². The van der Waals surface area contributed by atoms with Crippen molar-refractivity contribution >= 4 is 5.69 Å². The molecule has 1 unspecified atom stereocenters. The van der Waals surface area contributed by atoms with Crippen LogP contribution in [0.1, 0.15) is 38.7 Å². The van der Waals surface area contributed by atoms with E-state index in [1.165, 1.54) is 30.5 Å². The summed E-state index contributed by atoms with van der Waals surface area (Å²) in [7, 11) is 0. The van der Waals surface area contributed by atoms with E-state index in [9.17, 15) is 0 Å².